The van der Waals surface area contributed by atoms with Gasteiger partial charge >= 0.3 is 0 Å². The molecule has 4 nitrogen and oxygen atoms in total. The number of hydrogen-bond donors (Lipinski definition) is 1. The third kappa shape index (κ3) is 2.47. The molecule has 1 atom stereocenters. The van der Waals surface area contributed by atoms with Gasteiger partial charge in [-0.15, -0.1) is 0 Å². The van der Waals surface area contributed by atoms with Crippen molar-refractivity contribution >= 4 is 11.5 Å². The Morgan fingerprint density at radius 1 is 1.69 bits per heavy atom. The quantitative estimate of drug-likeness (QED) is 0.784. The van der Waals surface area contributed by atoms with Gasteiger partial charge in [0.05, 0.1) is 12.7 Å². The molecule has 1 aromatic heterocycles. The van der Waals surface area contributed by atoms with Crippen LogP contribution in [0.2, 0.25) is 0 Å². The molecule has 0 aromatic carbocycles. The Labute approximate surface area is 81.0 Å². The molecule has 0 aliphatic carbocycles. The van der Waals surface area contributed by atoms with E-state index in [4.69, 9.17) is 10.4 Å². The maximum absolute atomic E-state index is 8.84. The van der Waals surface area contributed by atoms with E-state index < -0.39 is 5.92 Å². The van der Waals surface area contributed by atoms with Gasteiger partial charge in [0, 0.05) is 6.42 Å². The Morgan fingerprint density at radius 3 is 3.00 bits per heavy atom. The summed E-state index contributed by atoms with van der Waals surface area (Å²) >= 11 is 1.20. The molecule has 0 aliphatic heterocycles. The lowest BCUT2D eigenvalue weighted by Gasteiger charge is -1.96. The van der Waals surface area contributed by atoms with E-state index in [1.54, 1.807) is 0 Å². The zero-order valence-electron chi connectivity index (χ0n) is 7.40. The first-order valence-electron chi connectivity index (χ1n) is 4.14. The Hall–Kier alpha value is -0.990. The van der Waals surface area contributed by atoms with Crippen LogP contribution in [-0.4, -0.2) is 21.1 Å². The molecule has 1 N–H and O–H groups in total. The molecule has 1 aromatic rings. The second-order valence-corrected chi connectivity index (χ2v) is 3.45. The minimum absolute atomic E-state index is 0.183. The van der Waals surface area contributed by atoms with Crippen molar-refractivity contribution in [3.8, 4) is 6.07 Å². The summed E-state index contributed by atoms with van der Waals surface area (Å²) in [5.74, 6) is 0.263. The first kappa shape index (κ1) is 10.1. The minimum Gasteiger partial charge on any atom is -0.395 e. The average molecular weight is 197 g/mol. The normalized spacial score (nSPS) is 12.4. The fourth-order valence-corrected chi connectivity index (χ4v) is 1.64. The van der Waals surface area contributed by atoms with E-state index in [0.29, 0.717) is 5.01 Å². The van der Waals surface area contributed by atoms with Crippen molar-refractivity contribution in [1.29, 1.82) is 5.26 Å². The lowest BCUT2D eigenvalue weighted by molar-refractivity contribution is 0.285. The zero-order chi connectivity index (χ0) is 9.68. The Kier molecular flexibility index (Phi) is 3.80. The van der Waals surface area contributed by atoms with Gasteiger partial charge in [0.15, 0.2) is 0 Å². The molecule has 13 heavy (non-hydrogen) atoms. The van der Waals surface area contributed by atoms with Crippen LogP contribution in [0.3, 0.4) is 0 Å². The Bertz CT molecular complexity index is 305. The van der Waals surface area contributed by atoms with E-state index in [1.807, 2.05) is 6.07 Å². The largest absolute Gasteiger partial charge is 0.395 e. The van der Waals surface area contributed by atoms with Crippen LogP contribution < -0.4 is 0 Å². The third-order valence-electron chi connectivity index (χ3n) is 1.59. The van der Waals surface area contributed by atoms with Crippen molar-refractivity contribution in [3.63, 3.8) is 0 Å². The van der Waals surface area contributed by atoms with Crippen molar-refractivity contribution in [2.45, 2.75) is 25.7 Å². The number of nitrogens with zero attached hydrogens (tertiary/aromatic N) is 3. The number of aliphatic hydroxyl groups is 1. The SMILES string of the molecule is CCCc1nsc(C(C#N)CO)n1. The predicted octanol–water partition coefficient (Wildman–Crippen LogP) is 1.09. The van der Waals surface area contributed by atoms with Crippen molar-refractivity contribution in [2.75, 3.05) is 6.61 Å². The molecule has 0 spiro atoms. The summed E-state index contributed by atoms with van der Waals surface area (Å²) in [6, 6.07) is 1.98. The van der Waals surface area contributed by atoms with Gasteiger partial charge in [-0.05, 0) is 18.0 Å². The van der Waals surface area contributed by atoms with Gasteiger partial charge in [0.25, 0.3) is 0 Å². The van der Waals surface area contributed by atoms with Crippen molar-refractivity contribution in [3.05, 3.63) is 10.8 Å². The number of aryl methyl sites for hydroxylation is 1. The highest BCUT2D eigenvalue weighted by Crippen LogP contribution is 2.16. The second kappa shape index (κ2) is 4.90. The summed E-state index contributed by atoms with van der Waals surface area (Å²) < 4.78 is 4.09. The summed E-state index contributed by atoms with van der Waals surface area (Å²) in [6.07, 6.45) is 1.83. The lowest BCUT2D eigenvalue weighted by Crippen LogP contribution is -2.00. The monoisotopic (exact) mass is 197 g/mol. The second-order valence-electron chi connectivity index (χ2n) is 2.66. The lowest BCUT2D eigenvalue weighted by atomic mass is 10.2. The summed E-state index contributed by atoms with van der Waals surface area (Å²) in [6.45, 7) is 1.87. The van der Waals surface area contributed by atoms with Crippen molar-refractivity contribution < 1.29 is 5.11 Å². The van der Waals surface area contributed by atoms with Crippen LogP contribution in [0.4, 0.5) is 0 Å². The number of nitriles is 1. The van der Waals surface area contributed by atoms with Crippen molar-refractivity contribution in [2.24, 2.45) is 0 Å². The molecular formula is C8H11N3OS. The first-order chi connectivity index (χ1) is 6.31. The highest BCUT2D eigenvalue weighted by molar-refractivity contribution is 7.05. The van der Waals surface area contributed by atoms with Gasteiger partial charge in [-0.2, -0.15) is 9.64 Å². The summed E-state index contributed by atoms with van der Waals surface area (Å²) in [7, 11) is 0. The maximum atomic E-state index is 8.84. The Balaban J connectivity index is 2.73. The van der Waals surface area contributed by atoms with Crippen LogP contribution in [-0.2, 0) is 6.42 Å². The number of hydrogen-bond acceptors (Lipinski definition) is 5. The molecular weight excluding hydrogens is 186 g/mol. The molecule has 0 radical (unpaired) electrons. The molecule has 1 rings (SSSR count). The third-order valence-corrected chi connectivity index (χ3v) is 2.46. The van der Waals surface area contributed by atoms with Crippen LogP contribution in [0.15, 0.2) is 0 Å². The molecule has 0 aliphatic rings. The predicted molar refractivity (Wildman–Crippen MR) is 49.3 cm³/mol. The molecule has 1 unspecified atom stereocenters. The van der Waals surface area contributed by atoms with Crippen molar-refractivity contribution in [1.82, 2.24) is 9.36 Å². The first-order valence-corrected chi connectivity index (χ1v) is 4.92. The smallest absolute Gasteiger partial charge is 0.142 e. The number of aromatic nitrogens is 2. The number of rotatable bonds is 4. The average Bonchev–Trinajstić information content (AvgIpc) is 2.56. The van der Waals surface area contributed by atoms with Crippen LogP contribution in [0.1, 0.15) is 30.1 Å². The van der Waals surface area contributed by atoms with Crippen LogP contribution in [0, 0.1) is 11.3 Å². The van der Waals surface area contributed by atoms with E-state index >= 15 is 0 Å². The van der Waals surface area contributed by atoms with Gasteiger partial charge in [-0.3, -0.25) is 0 Å². The van der Waals surface area contributed by atoms with Gasteiger partial charge in [-0.25, -0.2) is 4.98 Å². The van der Waals surface area contributed by atoms with E-state index in [-0.39, 0.29) is 6.61 Å². The van der Waals surface area contributed by atoms with E-state index in [1.165, 1.54) is 11.5 Å². The van der Waals surface area contributed by atoms with Gasteiger partial charge in [0.1, 0.15) is 16.7 Å². The van der Waals surface area contributed by atoms with Gasteiger partial charge < -0.3 is 5.11 Å². The fraction of sp³-hybridized carbons (Fsp3) is 0.625. The van der Waals surface area contributed by atoms with E-state index in [0.717, 1.165) is 18.7 Å². The minimum atomic E-state index is -0.511. The van der Waals surface area contributed by atoms with E-state index in [9.17, 15) is 0 Å². The molecule has 70 valence electrons. The molecule has 5 heteroatoms. The fourth-order valence-electron chi connectivity index (χ4n) is 0.908. The highest BCUT2D eigenvalue weighted by atomic mass is 32.1. The van der Waals surface area contributed by atoms with E-state index in [2.05, 4.69) is 16.3 Å². The Morgan fingerprint density at radius 2 is 2.46 bits per heavy atom. The zero-order valence-corrected chi connectivity index (χ0v) is 8.21. The number of aliphatic hydroxyl groups excluding tert-OH is 1. The standard InChI is InChI=1S/C8H11N3OS/c1-2-3-7-10-8(13-11-7)6(4-9)5-12/h6,12H,2-3,5H2,1H3. The molecule has 0 bridgehead atoms. The summed E-state index contributed by atoms with van der Waals surface area (Å²) in [5.41, 5.74) is 0. The molecule has 0 saturated carbocycles. The molecule has 0 amide bonds. The summed E-state index contributed by atoms with van der Waals surface area (Å²) in [4.78, 5) is 4.17. The molecule has 1 heterocycles. The van der Waals surface area contributed by atoms with Crippen LogP contribution in [0.5, 0.6) is 0 Å². The molecule has 0 saturated heterocycles. The van der Waals surface area contributed by atoms with Crippen LogP contribution in [0.25, 0.3) is 0 Å². The maximum Gasteiger partial charge on any atom is 0.142 e. The van der Waals surface area contributed by atoms with Crippen LogP contribution >= 0.6 is 11.5 Å². The van der Waals surface area contributed by atoms with Gasteiger partial charge in [0.2, 0.25) is 0 Å². The van der Waals surface area contributed by atoms with Gasteiger partial charge in [-0.1, -0.05) is 6.92 Å². The molecule has 0 fully saturated rings. The highest BCUT2D eigenvalue weighted by Gasteiger charge is 2.14. The summed E-state index contributed by atoms with van der Waals surface area (Å²) in [5, 5.41) is 18.1. The topological polar surface area (TPSA) is 69.8 Å².